The Bertz CT molecular complexity index is 879. The molecule has 1 atom stereocenters. The first-order chi connectivity index (χ1) is 11.4. The summed E-state index contributed by atoms with van der Waals surface area (Å²) in [6.07, 6.45) is 4.16. The fraction of sp³-hybridized carbons (Fsp3) is 0.500. The smallest absolute Gasteiger partial charge is 0.332 e. The van der Waals surface area contributed by atoms with E-state index < -0.39 is 11.2 Å². The van der Waals surface area contributed by atoms with Gasteiger partial charge in [-0.2, -0.15) is 0 Å². The summed E-state index contributed by atoms with van der Waals surface area (Å²) < 4.78 is 2.28. The van der Waals surface area contributed by atoms with Crippen molar-refractivity contribution in [2.75, 3.05) is 6.54 Å². The van der Waals surface area contributed by atoms with Crippen molar-refractivity contribution in [1.82, 2.24) is 19.4 Å². The van der Waals surface area contributed by atoms with Crippen LogP contribution in [0.25, 0.3) is 11.0 Å². The highest BCUT2D eigenvalue weighted by molar-refractivity contribution is 5.96. The summed E-state index contributed by atoms with van der Waals surface area (Å²) in [5.41, 5.74) is 5.28. The van der Waals surface area contributed by atoms with Gasteiger partial charge in [0.1, 0.15) is 5.65 Å². The van der Waals surface area contributed by atoms with E-state index in [1.807, 2.05) is 0 Å². The van der Waals surface area contributed by atoms with Crippen LogP contribution in [0.4, 0.5) is 0 Å². The molecule has 0 aliphatic heterocycles. The number of aryl methyl sites for hydroxylation is 1. The van der Waals surface area contributed by atoms with E-state index in [0.29, 0.717) is 6.54 Å². The topological polar surface area (TPSA) is 112 Å². The Morgan fingerprint density at radius 3 is 2.50 bits per heavy atom. The summed E-state index contributed by atoms with van der Waals surface area (Å²) in [6, 6.07) is 1.35. The fourth-order valence-electron chi connectivity index (χ4n) is 2.56. The van der Waals surface area contributed by atoms with Crippen LogP contribution in [0.15, 0.2) is 21.9 Å². The zero-order valence-corrected chi connectivity index (χ0v) is 16.7. The quantitative estimate of drug-likeness (QED) is 0.735. The molecule has 2 aromatic heterocycles. The molecule has 26 heavy (non-hydrogen) atoms. The minimum absolute atomic E-state index is 0. The molecular weight excluding hydrogens is 381 g/mol. The van der Waals surface area contributed by atoms with Crippen molar-refractivity contribution in [2.45, 2.75) is 32.2 Å². The maximum absolute atomic E-state index is 12.4. The lowest BCUT2D eigenvalue weighted by atomic mass is 10.1. The SMILES string of the molecule is CCCCC(CN)NC(=O)c1cnc2c(c1)c(=O)n(C)c(=O)n2C.Cl.Cl. The Kier molecular flexibility index (Phi) is 9.55. The lowest BCUT2D eigenvalue weighted by molar-refractivity contribution is 0.0935. The maximum atomic E-state index is 12.4. The van der Waals surface area contributed by atoms with Crippen molar-refractivity contribution in [3.05, 3.63) is 38.7 Å². The summed E-state index contributed by atoms with van der Waals surface area (Å²) >= 11 is 0. The molecule has 2 aromatic rings. The van der Waals surface area contributed by atoms with Gasteiger partial charge in [0.25, 0.3) is 11.5 Å². The summed E-state index contributed by atoms with van der Waals surface area (Å²) in [6.45, 7) is 2.42. The molecule has 1 amide bonds. The van der Waals surface area contributed by atoms with E-state index in [2.05, 4.69) is 17.2 Å². The Morgan fingerprint density at radius 1 is 1.27 bits per heavy atom. The van der Waals surface area contributed by atoms with Gasteiger partial charge in [-0.3, -0.25) is 18.7 Å². The number of halogens is 2. The van der Waals surface area contributed by atoms with E-state index in [0.717, 1.165) is 23.8 Å². The third-order valence-corrected chi connectivity index (χ3v) is 4.08. The van der Waals surface area contributed by atoms with Crippen LogP contribution in [-0.2, 0) is 14.1 Å². The van der Waals surface area contributed by atoms with Crippen LogP contribution in [-0.4, -0.2) is 32.6 Å². The van der Waals surface area contributed by atoms with Crippen LogP contribution < -0.4 is 22.3 Å². The van der Waals surface area contributed by atoms with Gasteiger partial charge >= 0.3 is 5.69 Å². The summed E-state index contributed by atoms with van der Waals surface area (Å²) in [4.78, 5) is 40.7. The van der Waals surface area contributed by atoms with E-state index in [-0.39, 0.29) is 53.4 Å². The van der Waals surface area contributed by atoms with Crippen LogP contribution >= 0.6 is 24.8 Å². The van der Waals surface area contributed by atoms with Crippen LogP contribution in [0.3, 0.4) is 0 Å². The van der Waals surface area contributed by atoms with Crippen molar-refractivity contribution in [2.24, 2.45) is 19.8 Å². The molecule has 0 fully saturated rings. The molecule has 0 radical (unpaired) electrons. The third-order valence-electron chi connectivity index (χ3n) is 4.08. The number of carbonyl (C=O) groups excluding carboxylic acids is 1. The minimum Gasteiger partial charge on any atom is -0.348 e. The lowest BCUT2D eigenvalue weighted by Gasteiger charge is -2.16. The average molecular weight is 406 g/mol. The normalized spacial score (nSPS) is 11.4. The molecule has 0 aliphatic carbocycles. The first-order valence-corrected chi connectivity index (χ1v) is 7.97. The molecule has 3 N–H and O–H groups in total. The van der Waals surface area contributed by atoms with Gasteiger partial charge in [-0.05, 0) is 12.5 Å². The Balaban J connectivity index is 0.00000312. The van der Waals surface area contributed by atoms with Crippen molar-refractivity contribution in [1.29, 1.82) is 0 Å². The van der Waals surface area contributed by atoms with E-state index in [1.54, 1.807) is 0 Å². The Morgan fingerprint density at radius 2 is 1.92 bits per heavy atom. The number of hydrogen-bond acceptors (Lipinski definition) is 5. The number of fused-ring (bicyclic) bond motifs is 1. The molecule has 146 valence electrons. The first kappa shape index (κ1) is 24.1. The predicted molar refractivity (Wildman–Crippen MR) is 107 cm³/mol. The van der Waals surface area contributed by atoms with Gasteiger partial charge in [-0.25, -0.2) is 9.78 Å². The van der Waals surface area contributed by atoms with Gasteiger partial charge < -0.3 is 11.1 Å². The van der Waals surface area contributed by atoms with Crippen molar-refractivity contribution < 1.29 is 4.79 Å². The van der Waals surface area contributed by atoms with Crippen molar-refractivity contribution in [3.8, 4) is 0 Å². The van der Waals surface area contributed by atoms with Gasteiger partial charge in [0, 0.05) is 32.9 Å². The molecule has 0 saturated carbocycles. The number of aromatic nitrogens is 3. The predicted octanol–water partition coefficient (Wildman–Crippen LogP) is 0.723. The molecule has 10 heteroatoms. The summed E-state index contributed by atoms with van der Waals surface area (Å²) in [7, 11) is 2.93. The summed E-state index contributed by atoms with van der Waals surface area (Å²) in [5, 5.41) is 3.09. The molecule has 0 saturated heterocycles. The number of hydrogen-bond donors (Lipinski definition) is 2. The first-order valence-electron chi connectivity index (χ1n) is 7.97. The third kappa shape index (κ3) is 4.84. The lowest BCUT2D eigenvalue weighted by Crippen LogP contribution is -2.40. The van der Waals surface area contributed by atoms with Gasteiger partial charge in [0.2, 0.25) is 0 Å². The van der Waals surface area contributed by atoms with E-state index in [9.17, 15) is 14.4 Å². The van der Waals surface area contributed by atoms with Crippen LogP contribution in [0.2, 0.25) is 0 Å². The fourth-order valence-corrected chi connectivity index (χ4v) is 2.56. The molecule has 0 spiro atoms. The standard InChI is InChI=1S/C16H23N5O3.2ClH/c1-4-5-6-11(8-17)19-14(22)10-7-12-13(18-9-10)20(2)16(24)21(3)15(12)23;;/h7,9,11H,4-6,8,17H2,1-3H3,(H,19,22);2*1H. The monoisotopic (exact) mass is 405 g/mol. The second-order valence-corrected chi connectivity index (χ2v) is 5.85. The highest BCUT2D eigenvalue weighted by Gasteiger charge is 2.16. The molecule has 8 nitrogen and oxygen atoms in total. The number of nitrogens with one attached hydrogen (secondary N) is 1. The highest BCUT2D eigenvalue weighted by Crippen LogP contribution is 2.08. The van der Waals surface area contributed by atoms with Crippen molar-refractivity contribution in [3.63, 3.8) is 0 Å². The zero-order chi connectivity index (χ0) is 17.9. The molecule has 2 rings (SSSR count). The number of pyridine rings is 1. The largest absolute Gasteiger partial charge is 0.348 e. The average Bonchev–Trinajstić information content (AvgIpc) is 2.60. The molecule has 2 heterocycles. The molecular formula is C16H25Cl2N5O3. The van der Waals surface area contributed by atoms with Gasteiger partial charge in [0.05, 0.1) is 10.9 Å². The second-order valence-electron chi connectivity index (χ2n) is 5.85. The number of carbonyl (C=O) groups is 1. The number of unbranched alkanes of at least 4 members (excludes halogenated alkanes) is 1. The Hall–Kier alpha value is -1.90. The van der Waals surface area contributed by atoms with E-state index in [1.165, 1.54) is 30.9 Å². The molecule has 0 bridgehead atoms. The zero-order valence-electron chi connectivity index (χ0n) is 15.0. The molecule has 1 unspecified atom stereocenters. The van der Waals surface area contributed by atoms with E-state index in [4.69, 9.17) is 5.73 Å². The minimum atomic E-state index is -0.475. The van der Waals surface area contributed by atoms with Crippen molar-refractivity contribution >= 4 is 41.8 Å². The summed E-state index contributed by atoms with van der Waals surface area (Å²) in [5.74, 6) is -0.327. The highest BCUT2D eigenvalue weighted by atomic mass is 35.5. The van der Waals surface area contributed by atoms with Crippen LogP contribution in [0, 0.1) is 0 Å². The molecule has 0 aromatic carbocycles. The van der Waals surface area contributed by atoms with Gasteiger partial charge in [0.15, 0.2) is 0 Å². The van der Waals surface area contributed by atoms with Gasteiger partial charge in [-0.1, -0.05) is 19.8 Å². The number of amides is 1. The van der Waals surface area contributed by atoms with Gasteiger partial charge in [-0.15, -0.1) is 24.8 Å². The maximum Gasteiger partial charge on any atom is 0.332 e. The molecule has 0 aliphatic rings. The Labute approximate surface area is 163 Å². The van der Waals surface area contributed by atoms with Crippen LogP contribution in [0.5, 0.6) is 0 Å². The van der Waals surface area contributed by atoms with E-state index >= 15 is 0 Å². The second kappa shape index (κ2) is 10.3. The number of nitrogens with two attached hydrogens (primary N) is 1. The number of nitrogens with zero attached hydrogens (tertiary/aromatic N) is 3. The number of rotatable bonds is 6. The van der Waals surface area contributed by atoms with Crippen LogP contribution in [0.1, 0.15) is 36.5 Å².